The summed E-state index contributed by atoms with van der Waals surface area (Å²) in [5.74, 6) is 6.78. The molecule has 0 saturated carbocycles. The molecule has 0 aliphatic heterocycles. The number of benzene rings is 2. The Morgan fingerprint density at radius 3 is 2.52 bits per heavy atom. The van der Waals surface area contributed by atoms with Crippen LogP contribution in [0.3, 0.4) is 0 Å². The number of hydrogen-bond donors (Lipinski definition) is 2. The normalized spacial score (nSPS) is 10.7. The third-order valence-electron chi connectivity index (χ3n) is 4.55. The summed E-state index contributed by atoms with van der Waals surface area (Å²) < 4.78 is 1.42. The molecule has 0 saturated heterocycles. The van der Waals surface area contributed by atoms with E-state index in [9.17, 15) is 4.79 Å². The van der Waals surface area contributed by atoms with Crippen LogP contribution in [-0.2, 0) is 4.79 Å². The Kier molecular flexibility index (Phi) is 6.77. The van der Waals surface area contributed by atoms with Crippen LogP contribution < -0.4 is 16.1 Å². The number of thioether (sulfide) groups is 1. The molecule has 152 valence electrons. The van der Waals surface area contributed by atoms with Gasteiger partial charge in [0.25, 0.3) is 0 Å². The molecule has 0 aliphatic rings. The summed E-state index contributed by atoms with van der Waals surface area (Å²) in [6.45, 7) is 8.15. The highest BCUT2D eigenvalue weighted by Crippen LogP contribution is 2.23. The van der Waals surface area contributed by atoms with Gasteiger partial charge >= 0.3 is 0 Å². The second kappa shape index (κ2) is 9.47. The average molecular weight is 411 g/mol. The second-order valence-corrected chi connectivity index (χ2v) is 7.54. The van der Waals surface area contributed by atoms with Gasteiger partial charge in [-0.2, -0.15) is 0 Å². The van der Waals surface area contributed by atoms with Crippen molar-refractivity contribution in [1.29, 1.82) is 0 Å². The minimum absolute atomic E-state index is 0.120. The van der Waals surface area contributed by atoms with Crippen LogP contribution in [0.4, 0.5) is 11.4 Å². The van der Waals surface area contributed by atoms with E-state index in [2.05, 4.69) is 34.3 Å². The number of rotatable bonds is 8. The van der Waals surface area contributed by atoms with E-state index in [1.807, 2.05) is 55.5 Å². The van der Waals surface area contributed by atoms with E-state index in [0.29, 0.717) is 11.0 Å². The molecule has 0 atom stereocenters. The Hall–Kier alpha value is -3.00. The topological polar surface area (TPSA) is 89.1 Å². The van der Waals surface area contributed by atoms with E-state index in [-0.39, 0.29) is 11.7 Å². The number of nitrogens with zero attached hydrogens (tertiary/aromatic N) is 4. The van der Waals surface area contributed by atoms with Crippen LogP contribution in [0.25, 0.3) is 11.4 Å². The second-order valence-electron chi connectivity index (χ2n) is 6.60. The number of aromatic nitrogens is 3. The molecule has 3 aromatic rings. The lowest BCUT2D eigenvalue weighted by Crippen LogP contribution is -2.21. The smallest absolute Gasteiger partial charge is 0.234 e. The highest BCUT2D eigenvalue weighted by atomic mass is 32.2. The van der Waals surface area contributed by atoms with E-state index < -0.39 is 0 Å². The first-order valence-electron chi connectivity index (χ1n) is 9.57. The van der Waals surface area contributed by atoms with Gasteiger partial charge in [0.1, 0.15) is 0 Å². The summed E-state index contributed by atoms with van der Waals surface area (Å²) in [5.41, 5.74) is 3.92. The number of nitrogens with two attached hydrogens (primary N) is 1. The number of carbonyl (C=O) groups excluding carboxylic acids is 1. The molecule has 0 radical (unpaired) electrons. The van der Waals surface area contributed by atoms with Gasteiger partial charge in [0.15, 0.2) is 5.82 Å². The Balaban J connectivity index is 1.59. The van der Waals surface area contributed by atoms with Crippen molar-refractivity contribution in [2.45, 2.75) is 25.9 Å². The van der Waals surface area contributed by atoms with E-state index in [4.69, 9.17) is 5.84 Å². The lowest BCUT2D eigenvalue weighted by molar-refractivity contribution is -0.113. The van der Waals surface area contributed by atoms with Crippen LogP contribution in [0.2, 0.25) is 0 Å². The van der Waals surface area contributed by atoms with Gasteiger partial charge in [-0.25, -0.2) is 4.68 Å². The van der Waals surface area contributed by atoms with Gasteiger partial charge in [-0.05, 0) is 51.1 Å². The Labute approximate surface area is 175 Å². The first-order chi connectivity index (χ1) is 14.0. The summed E-state index contributed by atoms with van der Waals surface area (Å²) >= 11 is 1.25. The quantitative estimate of drug-likeness (QED) is 0.436. The summed E-state index contributed by atoms with van der Waals surface area (Å²) in [7, 11) is 0. The van der Waals surface area contributed by atoms with Crippen LogP contribution in [0, 0.1) is 6.92 Å². The number of carbonyl (C=O) groups is 1. The molecule has 29 heavy (non-hydrogen) atoms. The lowest BCUT2D eigenvalue weighted by atomic mass is 10.1. The first-order valence-corrected chi connectivity index (χ1v) is 10.6. The maximum atomic E-state index is 12.3. The van der Waals surface area contributed by atoms with Crippen LogP contribution in [0.15, 0.2) is 53.7 Å². The number of nitrogen functional groups attached to an aromatic ring is 1. The molecular weight excluding hydrogens is 384 g/mol. The van der Waals surface area contributed by atoms with Crippen molar-refractivity contribution < 1.29 is 4.79 Å². The maximum absolute atomic E-state index is 12.3. The standard InChI is InChI=1S/C21H26N6OS/c1-4-26(5-2)18-11-9-17(10-12-18)23-19(28)14-29-21-25-24-20(27(21)22)16-8-6-7-15(3)13-16/h6-13H,4-5,14,22H2,1-3H3,(H,23,28). The van der Waals surface area contributed by atoms with Crippen molar-refractivity contribution in [3.8, 4) is 11.4 Å². The van der Waals surface area contributed by atoms with Crippen molar-refractivity contribution in [1.82, 2.24) is 14.9 Å². The van der Waals surface area contributed by atoms with Gasteiger partial charge in [0.2, 0.25) is 11.1 Å². The van der Waals surface area contributed by atoms with Crippen molar-refractivity contribution in [3.05, 3.63) is 54.1 Å². The van der Waals surface area contributed by atoms with Crippen molar-refractivity contribution in [2.75, 3.05) is 34.9 Å². The predicted octanol–water partition coefficient (Wildman–Crippen LogP) is 3.54. The lowest BCUT2D eigenvalue weighted by Gasteiger charge is -2.21. The third kappa shape index (κ3) is 5.08. The summed E-state index contributed by atoms with van der Waals surface area (Å²) in [6, 6.07) is 15.7. The zero-order valence-corrected chi connectivity index (χ0v) is 17.7. The predicted molar refractivity (Wildman–Crippen MR) is 120 cm³/mol. The fourth-order valence-corrected chi connectivity index (χ4v) is 3.68. The summed E-state index contributed by atoms with van der Waals surface area (Å²) in [4.78, 5) is 14.6. The molecule has 0 unspecified atom stereocenters. The zero-order valence-electron chi connectivity index (χ0n) is 16.9. The van der Waals surface area contributed by atoms with E-state index in [1.165, 1.54) is 16.4 Å². The Morgan fingerprint density at radius 2 is 1.86 bits per heavy atom. The molecule has 0 aliphatic carbocycles. The van der Waals surface area contributed by atoms with Crippen molar-refractivity contribution in [2.24, 2.45) is 0 Å². The molecule has 1 amide bonds. The number of aryl methyl sites for hydroxylation is 1. The number of hydrogen-bond acceptors (Lipinski definition) is 6. The monoisotopic (exact) mass is 410 g/mol. The van der Waals surface area contributed by atoms with Crippen LogP contribution in [-0.4, -0.2) is 39.6 Å². The van der Waals surface area contributed by atoms with Gasteiger partial charge in [-0.3, -0.25) is 4.79 Å². The molecule has 0 fully saturated rings. The highest BCUT2D eigenvalue weighted by molar-refractivity contribution is 7.99. The van der Waals surface area contributed by atoms with Gasteiger partial charge in [-0.1, -0.05) is 35.5 Å². The minimum Gasteiger partial charge on any atom is -0.372 e. The number of anilines is 2. The van der Waals surface area contributed by atoms with Gasteiger partial charge < -0.3 is 16.1 Å². The third-order valence-corrected chi connectivity index (χ3v) is 5.50. The molecule has 3 N–H and O–H groups in total. The molecule has 0 spiro atoms. The number of nitrogens with one attached hydrogen (secondary N) is 1. The summed E-state index contributed by atoms with van der Waals surface area (Å²) in [5, 5.41) is 11.7. The fourth-order valence-electron chi connectivity index (χ4n) is 3.03. The fraction of sp³-hybridized carbons (Fsp3) is 0.286. The van der Waals surface area contributed by atoms with Crippen LogP contribution in [0.5, 0.6) is 0 Å². The van der Waals surface area contributed by atoms with E-state index in [1.54, 1.807) is 0 Å². The van der Waals surface area contributed by atoms with E-state index in [0.717, 1.165) is 35.6 Å². The Bertz CT molecular complexity index is 966. The molecule has 7 nitrogen and oxygen atoms in total. The molecule has 2 aromatic carbocycles. The highest BCUT2D eigenvalue weighted by Gasteiger charge is 2.14. The number of amides is 1. The Morgan fingerprint density at radius 1 is 1.14 bits per heavy atom. The molecule has 0 bridgehead atoms. The van der Waals surface area contributed by atoms with Gasteiger partial charge in [0, 0.05) is 30.0 Å². The molecule has 3 rings (SSSR count). The van der Waals surface area contributed by atoms with Gasteiger partial charge in [0.05, 0.1) is 5.75 Å². The maximum Gasteiger partial charge on any atom is 0.234 e. The molecular formula is C21H26N6OS. The SMILES string of the molecule is CCN(CC)c1ccc(NC(=O)CSc2nnc(-c3cccc(C)c3)n2N)cc1. The van der Waals surface area contributed by atoms with Crippen molar-refractivity contribution in [3.63, 3.8) is 0 Å². The average Bonchev–Trinajstić information content (AvgIpc) is 3.09. The van der Waals surface area contributed by atoms with Crippen LogP contribution in [0.1, 0.15) is 19.4 Å². The molecule has 8 heteroatoms. The minimum atomic E-state index is -0.120. The summed E-state index contributed by atoms with van der Waals surface area (Å²) in [6.07, 6.45) is 0. The zero-order chi connectivity index (χ0) is 20.8. The molecule has 1 heterocycles. The van der Waals surface area contributed by atoms with Crippen LogP contribution >= 0.6 is 11.8 Å². The molecule has 1 aromatic heterocycles. The van der Waals surface area contributed by atoms with Gasteiger partial charge in [-0.15, -0.1) is 10.2 Å². The van der Waals surface area contributed by atoms with Crippen molar-refractivity contribution >= 4 is 29.0 Å². The largest absolute Gasteiger partial charge is 0.372 e. The first kappa shape index (κ1) is 20.7. The van der Waals surface area contributed by atoms with E-state index >= 15 is 0 Å².